The molecule has 0 spiro atoms. The van der Waals surface area contributed by atoms with Crippen LogP contribution in [-0.2, 0) is 9.53 Å². The van der Waals surface area contributed by atoms with Gasteiger partial charge in [0.15, 0.2) is 0 Å². The van der Waals surface area contributed by atoms with Crippen LogP contribution < -0.4 is 5.01 Å². The van der Waals surface area contributed by atoms with Crippen LogP contribution in [-0.4, -0.2) is 18.7 Å². The third-order valence-corrected chi connectivity index (χ3v) is 2.30. The highest BCUT2D eigenvalue weighted by molar-refractivity contribution is 6.29. The number of amides is 1. The summed E-state index contributed by atoms with van der Waals surface area (Å²) in [5.41, 5.74) is 1.91. The van der Waals surface area contributed by atoms with Crippen molar-refractivity contribution in [3.63, 3.8) is 0 Å². The van der Waals surface area contributed by atoms with Crippen LogP contribution in [0.15, 0.2) is 47.3 Å². The minimum absolute atomic E-state index is 0.162. The van der Waals surface area contributed by atoms with Crippen molar-refractivity contribution in [3.05, 3.63) is 42.2 Å². The zero-order chi connectivity index (χ0) is 11.5. The van der Waals surface area contributed by atoms with Crippen LogP contribution in [0.25, 0.3) is 0 Å². The maximum absolute atomic E-state index is 12.0. The van der Waals surface area contributed by atoms with Crippen molar-refractivity contribution in [3.8, 4) is 0 Å². The lowest BCUT2D eigenvalue weighted by Gasteiger charge is -2.10. The Bertz CT molecular complexity index is 463. The summed E-state index contributed by atoms with van der Waals surface area (Å²) in [7, 11) is 1.51. The van der Waals surface area contributed by atoms with Gasteiger partial charge in [0, 0.05) is 0 Å². The molecule has 1 heterocycles. The van der Waals surface area contributed by atoms with Crippen molar-refractivity contribution >= 4 is 17.3 Å². The molecule has 0 fully saturated rings. The predicted molar refractivity (Wildman–Crippen MR) is 62.1 cm³/mol. The average molecular weight is 216 g/mol. The van der Waals surface area contributed by atoms with Gasteiger partial charge in [0.2, 0.25) is 0 Å². The fraction of sp³-hybridized carbons (Fsp3) is 0.167. The van der Waals surface area contributed by atoms with Crippen molar-refractivity contribution in [2.24, 2.45) is 5.10 Å². The fourth-order valence-corrected chi connectivity index (χ4v) is 1.52. The van der Waals surface area contributed by atoms with Crippen molar-refractivity contribution < 1.29 is 9.53 Å². The van der Waals surface area contributed by atoms with E-state index in [9.17, 15) is 4.79 Å². The molecule has 0 N–H and O–H groups in total. The van der Waals surface area contributed by atoms with E-state index in [4.69, 9.17) is 4.74 Å². The molecule has 0 atom stereocenters. The molecule has 4 heteroatoms. The fourth-order valence-electron chi connectivity index (χ4n) is 1.52. The second-order valence-electron chi connectivity index (χ2n) is 3.41. The summed E-state index contributed by atoms with van der Waals surface area (Å²) in [4.78, 5) is 12.0. The topological polar surface area (TPSA) is 41.9 Å². The van der Waals surface area contributed by atoms with Crippen molar-refractivity contribution in [2.45, 2.75) is 6.92 Å². The Morgan fingerprint density at radius 2 is 2.00 bits per heavy atom. The van der Waals surface area contributed by atoms with Crippen LogP contribution in [0.2, 0.25) is 0 Å². The number of benzene rings is 1. The van der Waals surface area contributed by atoms with E-state index < -0.39 is 0 Å². The second-order valence-corrected chi connectivity index (χ2v) is 3.41. The lowest BCUT2D eigenvalue weighted by molar-refractivity contribution is -0.114. The van der Waals surface area contributed by atoms with E-state index in [1.807, 2.05) is 30.3 Å². The van der Waals surface area contributed by atoms with E-state index in [0.29, 0.717) is 11.3 Å². The molecule has 0 saturated heterocycles. The number of hydrazone groups is 1. The van der Waals surface area contributed by atoms with Gasteiger partial charge in [-0.1, -0.05) is 18.2 Å². The molecule has 0 unspecified atom stereocenters. The van der Waals surface area contributed by atoms with Crippen molar-refractivity contribution in [1.82, 2.24) is 0 Å². The highest BCUT2D eigenvalue weighted by Crippen LogP contribution is 2.22. The molecule has 2 rings (SSSR count). The Morgan fingerprint density at radius 3 is 2.62 bits per heavy atom. The summed E-state index contributed by atoms with van der Waals surface area (Å²) in [6.45, 7) is 1.78. The first-order chi connectivity index (χ1) is 7.74. The number of methoxy groups -OCH3 is 1. The molecule has 16 heavy (non-hydrogen) atoms. The molecular formula is C12H12N2O2. The first kappa shape index (κ1) is 10.4. The van der Waals surface area contributed by atoms with Crippen LogP contribution in [0.3, 0.4) is 0 Å². The van der Waals surface area contributed by atoms with Gasteiger partial charge >= 0.3 is 0 Å². The first-order valence-corrected chi connectivity index (χ1v) is 4.92. The zero-order valence-electron chi connectivity index (χ0n) is 9.18. The lowest BCUT2D eigenvalue weighted by atomic mass is 10.2. The van der Waals surface area contributed by atoms with E-state index >= 15 is 0 Å². The number of rotatable bonds is 2. The van der Waals surface area contributed by atoms with Gasteiger partial charge in [-0.15, -0.1) is 0 Å². The van der Waals surface area contributed by atoms with Crippen LogP contribution in [0, 0.1) is 0 Å². The van der Waals surface area contributed by atoms with E-state index in [2.05, 4.69) is 5.10 Å². The molecule has 1 amide bonds. The van der Waals surface area contributed by atoms with Crippen LogP contribution in [0.4, 0.5) is 5.69 Å². The maximum Gasteiger partial charge on any atom is 0.283 e. The largest absolute Gasteiger partial charge is 0.503 e. The molecule has 0 aromatic heterocycles. The second kappa shape index (κ2) is 4.18. The lowest BCUT2D eigenvalue weighted by Crippen LogP contribution is -2.21. The van der Waals surface area contributed by atoms with Crippen LogP contribution >= 0.6 is 0 Å². The summed E-state index contributed by atoms with van der Waals surface area (Å²) in [5, 5.41) is 5.57. The third kappa shape index (κ3) is 1.69. The highest BCUT2D eigenvalue weighted by Gasteiger charge is 2.28. The van der Waals surface area contributed by atoms with Gasteiger partial charge in [0.05, 0.1) is 30.3 Å². The Kier molecular flexibility index (Phi) is 2.72. The summed E-state index contributed by atoms with van der Waals surface area (Å²) < 4.78 is 4.86. The summed E-state index contributed by atoms with van der Waals surface area (Å²) in [6.07, 6.45) is 1.42. The summed E-state index contributed by atoms with van der Waals surface area (Å²) in [5.74, 6) is -0.162. The number of ether oxygens (including phenoxy) is 1. The number of anilines is 1. The normalized spacial score (nSPS) is 17.9. The molecule has 0 bridgehead atoms. The molecule has 82 valence electrons. The zero-order valence-corrected chi connectivity index (χ0v) is 9.18. The summed E-state index contributed by atoms with van der Waals surface area (Å²) >= 11 is 0. The molecule has 1 aromatic rings. The Hall–Kier alpha value is -2.10. The van der Waals surface area contributed by atoms with E-state index in [1.54, 1.807) is 6.92 Å². The van der Waals surface area contributed by atoms with E-state index in [-0.39, 0.29) is 5.91 Å². The van der Waals surface area contributed by atoms with Gasteiger partial charge in [0.25, 0.3) is 5.91 Å². The van der Waals surface area contributed by atoms with Crippen molar-refractivity contribution in [1.29, 1.82) is 0 Å². The first-order valence-electron chi connectivity index (χ1n) is 4.92. The van der Waals surface area contributed by atoms with Gasteiger partial charge in [-0.2, -0.15) is 10.1 Å². The van der Waals surface area contributed by atoms with Crippen LogP contribution in [0.5, 0.6) is 0 Å². The third-order valence-electron chi connectivity index (χ3n) is 2.30. The molecule has 0 aliphatic carbocycles. The van der Waals surface area contributed by atoms with Gasteiger partial charge < -0.3 is 4.74 Å². The minimum atomic E-state index is -0.162. The Balaban J connectivity index is 2.35. The number of para-hydroxylation sites is 1. The maximum atomic E-state index is 12.0. The van der Waals surface area contributed by atoms with E-state index in [0.717, 1.165) is 5.69 Å². The van der Waals surface area contributed by atoms with Gasteiger partial charge in [-0.05, 0) is 19.1 Å². The molecule has 0 radical (unpaired) electrons. The summed E-state index contributed by atoms with van der Waals surface area (Å²) in [6, 6.07) is 9.30. The monoisotopic (exact) mass is 216 g/mol. The molecule has 1 aliphatic rings. The predicted octanol–water partition coefficient (Wildman–Crippen LogP) is 1.94. The van der Waals surface area contributed by atoms with E-state index in [1.165, 1.54) is 18.4 Å². The smallest absolute Gasteiger partial charge is 0.283 e. The number of nitrogens with zero attached hydrogens (tertiary/aromatic N) is 2. The Morgan fingerprint density at radius 1 is 1.31 bits per heavy atom. The van der Waals surface area contributed by atoms with Gasteiger partial charge in [0.1, 0.15) is 0 Å². The minimum Gasteiger partial charge on any atom is -0.503 e. The quantitative estimate of drug-likeness (QED) is 0.560. The number of carbonyl (C=O) groups excluding carboxylic acids is 1. The number of hydrogen-bond acceptors (Lipinski definition) is 3. The molecule has 4 nitrogen and oxygen atoms in total. The Labute approximate surface area is 93.8 Å². The molecule has 1 aromatic carbocycles. The molecule has 0 saturated carbocycles. The van der Waals surface area contributed by atoms with Crippen molar-refractivity contribution in [2.75, 3.05) is 12.1 Å². The average Bonchev–Trinajstić information content (AvgIpc) is 2.59. The van der Waals surface area contributed by atoms with Crippen LogP contribution in [0.1, 0.15) is 6.92 Å². The SMILES string of the molecule is CO/C=C1\C(=O)N(c2ccccc2)N=C1C. The van der Waals surface area contributed by atoms with Gasteiger partial charge in [-0.25, -0.2) is 0 Å². The number of hydrogen-bond donors (Lipinski definition) is 0. The highest BCUT2D eigenvalue weighted by atomic mass is 16.5. The molecule has 1 aliphatic heterocycles. The molecular weight excluding hydrogens is 204 g/mol. The standard InChI is InChI=1S/C12H12N2O2/c1-9-11(8-16-2)12(15)14(13-9)10-6-4-3-5-7-10/h3-8H,1-2H3/b11-8-. The number of carbonyl (C=O) groups is 1. The van der Waals surface area contributed by atoms with Gasteiger partial charge in [-0.3, -0.25) is 4.79 Å².